The van der Waals surface area contributed by atoms with Crippen molar-refractivity contribution in [2.75, 3.05) is 5.32 Å². The zero-order chi connectivity index (χ0) is 23.6. The van der Waals surface area contributed by atoms with Gasteiger partial charge in [0, 0.05) is 37.4 Å². The second-order valence-corrected chi connectivity index (χ2v) is 7.09. The van der Waals surface area contributed by atoms with Crippen LogP contribution in [0.4, 0.5) is 18.9 Å². The van der Waals surface area contributed by atoms with E-state index in [4.69, 9.17) is 16.3 Å². The zero-order valence-electron chi connectivity index (χ0n) is 16.7. The molecule has 3 rings (SSSR count). The summed E-state index contributed by atoms with van der Waals surface area (Å²) in [5.41, 5.74) is -4.37. The van der Waals surface area contributed by atoms with E-state index in [9.17, 15) is 27.6 Å². The zero-order valence-corrected chi connectivity index (χ0v) is 17.5. The highest BCUT2D eigenvalue weighted by Crippen LogP contribution is 2.38. The number of ether oxygens (including phenoxy) is 1. The van der Waals surface area contributed by atoms with Crippen LogP contribution in [0.1, 0.15) is 18.2 Å². The lowest BCUT2D eigenvalue weighted by Crippen LogP contribution is -2.35. The summed E-state index contributed by atoms with van der Waals surface area (Å²) >= 11 is 5.73. The maximum atomic E-state index is 13.7. The Hall–Kier alpha value is -3.60. The van der Waals surface area contributed by atoms with Crippen molar-refractivity contribution in [3.63, 3.8) is 0 Å². The minimum absolute atomic E-state index is 0.0667. The van der Waals surface area contributed by atoms with Gasteiger partial charge in [0.25, 0.3) is 5.56 Å². The Labute approximate surface area is 183 Å². The van der Waals surface area contributed by atoms with Gasteiger partial charge < -0.3 is 10.1 Å². The Morgan fingerprint density at radius 2 is 1.97 bits per heavy atom. The molecule has 0 spiro atoms. The van der Waals surface area contributed by atoms with Gasteiger partial charge in [-0.05, 0) is 18.2 Å². The van der Waals surface area contributed by atoms with Crippen molar-refractivity contribution in [3.05, 3.63) is 73.8 Å². The van der Waals surface area contributed by atoms with E-state index in [1.807, 2.05) is 4.98 Å². The van der Waals surface area contributed by atoms with Gasteiger partial charge in [-0.15, -0.1) is 0 Å². The number of aromatic nitrogens is 3. The summed E-state index contributed by atoms with van der Waals surface area (Å²) in [5.74, 6) is -0.373. The summed E-state index contributed by atoms with van der Waals surface area (Å²) in [5, 5.41) is 2.70. The lowest BCUT2D eigenvalue weighted by Gasteiger charge is -2.18. The minimum Gasteiger partial charge on any atom is -0.489 e. The monoisotopic (exact) mass is 468 g/mol. The average Bonchev–Trinajstić information content (AvgIpc) is 2.69. The van der Waals surface area contributed by atoms with E-state index in [-0.39, 0.29) is 23.6 Å². The molecule has 12 heteroatoms. The molecule has 8 nitrogen and oxygen atoms in total. The summed E-state index contributed by atoms with van der Waals surface area (Å²) in [4.78, 5) is 41.6. The van der Waals surface area contributed by atoms with Crippen LogP contribution in [0.3, 0.4) is 0 Å². The van der Waals surface area contributed by atoms with Crippen molar-refractivity contribution in [1.29, 1.82) is 0 Å². The van der Waals surface area contributed by atoms with Gasteiger partial charge in [0.2, 0.25) is 5.91 Å². The minimum atomic E-state index is -5.01. The summed E-state index contributed by atoms with van der Waals surface area (Å²) in [7, 11) is 0.889. The fourth-order valence-corrected chi connectivity index (χ4v) is 3.10. The van der Waals surface area contributed by atoms with E-state index in [1.165, 1.54) is 24.4 Å². The van der Waals surface area contributed by atoms with Crippen molar-refractivity contribution in [1.82, 2.24) is 14.5 Å². The second-order valence-electron chi connectivity index (χ2n) is 6.71. The molecule has 0 atom stereocenters. The Balaban J connectivity index is 2.10. The molecule has 0 fully saturated rings. The highest BCUT2D eigenvalue weighted by molar-refractivity contribution is 6.29. The van der Waals surface area contributed by atoms with E-state index in [2.05, 4.69) is 10.3 Å². The smallest absolute Gasteiger partial charge is 0.432 e. The molecular formula is C20H16ClF3N4O4. The summed E-state index contributed by atoms with van der Waals surface area (Å²) in [6.07, 6.45) is -3.52. The third kappa shape index (κ3) is 4.99. The van der Waals surface area contributed by atoms with Gasteiger partial charge in [0.05, 0.1) is 11.3 Å². The molecule has 1 aromatic carbocycles. The predicted octanol–water partition coefficient (Wildman–Crippen LogP) is 3.35. The number of carbonyl (C=O) groups excluding carboxylic acids is 1. The number of benzene rings is 1. The first kappa shape index (κ1) is 23.1. The van der Waals surface area contributed by atoms with Crippen LogP contribution < -0.4 is 21.3 Å². The average molecular weight is 469 g/mol. The number of carbonyl (C=O) groups is 1. The number of nitrogens with one attached hydrogen (secondary N) is 2. The number of hydrogen-bond donors (Lipinski definition) is 2. The number of amides is 1. The van der Waals surface area contributed by atoms with Crippen LogP contribution in [0.2, 0.25) is 5.15 Å². The van der Waals surface area contributed by atoms with E-state index in [0.717, 1.165) is 14.0 Å². The lowest BCUT2D eigenvalue weighted by atomic mass is 10.0. The van der Waals surface area contributed by atoms with Crippen LogP contribution in [-0.2, 0) is 24.6 Å². The molecule has 3 aromatic rings. The number of aromatic amines is 1. The van der Waals surface area contributed by atoms with Crippen LogP contribution in [0.15, 0.2) is 46.1 Å². The summed E-state index contributed by atoms with van der Waals surface area (Å²) in [6, 6.07) is 7.07. The van der Waals surface area contributed by atoms with Crippen LogP contribution in [0.5, 0.6) is 5.75 Å². The molecule has 0 aliphatic heterocycles. The predicted molar refractivity (Wildman–Crippen MR) is 111 cm³/mol. The van der Waals surface area contributed by atoms with Crippen molar-refractivity contribution in [3.8, 4) is 16.9 Å². The molecule has 0 aliphatic carbocycles. The maximum absolute atomic E-state index is 13.7. The molecule has 0 aliphatic rings. The molecule has 0 saturated heterocycles. The first-order valence-electron chi connectivity index (χ1n) is 9.03. The molecule has 0 unspecified atom stereocenters. The molecular weight excluding hydrogens is 453 g/mol. The van der Waals surface area contributed by atoms with E-state index < -0.39 is 34.6 Å². The Kier molecular flexibility index (Phi) is 6.40. The highest BCUT2D eigenvalue weighted by Gasteiger charge is 2.39. The van der Waals surface area contributed by atoms with E-state index in [0.29, 0.717) is 15.3 Å². The SMILES string of the molecule is CC(=O)Nc1cc(OCc2ccc(Cl)nc2)ccc1-c1c(C(F)(F)F)n(C)c(=O)[nH]c1=O. The van der Waals surface area contributed by atoms with Crippen molar-refractivity contribution in [2.45, 2.75) is 19.7 Å². The van der Waals surface area contributed by atoms with Gasteiger partial charge in [-0.3, -0.25) is 19.1 Å². The third-order valence-corrected chi connectivity index (χ3v) is 4.58. The van der Waals surface area contributed by atoms with Crippen LogP contribution in [0, 0.1) is 0 Å². The molecule has 0 radical (unpaired) electrons. The standard InChI is InChI=1S/C20H16ClF3N4O4/c1-10(29)26-14-7-12(32-9-11-3-6-15(21)25-8-11)4-5-13(14)16-17(20(22,23)24)28(2)19(31)27-18(16)30/h3-8H,9H2,1-2H3,(H,26,29)(H,27,30,31). The second kappa shape index (κ2) is 8.87. The topological polar surface area (TPSA) is 106 Å². The van der Waals surface area contributed by atoms with Gasteiger partial charge >= 0.3 is 11.9 Å². The molecule has 2 aromatic heterocycles. The maximum Gasteiger partial charge on any atom is 0.432 e. The fraction of sp³-hybridized carbons (Fsp3) is 0.200. The number of halogens is 4. The number of nitrogens with zero attached hydrogens (tertiary/aromatic N) is 2. The lowest BCUT2D eigenvalue weighted by molar-refractivity contribution is -0.143. The van der Waals surface area contributed by atoms with E-state index >= 15 is 0 Å². The number of hydrogen-bond acceptors (Lipinski definition) is 5. The number of rotatable bonds is 5. The Morgan fingerprint density at radius 3 is 2.56 bits per heavy atom. The van der Waals surface area contributed by atoms with Gasteiger partial charge in [0.1, 0.15) is 23.2 Å². The Morgan fingerprint density at radius 1 is 1.25 bits per heavy atom. The van der Waals surface area contributed by atoms with Gasteiger partial charge in [-0.1, -0.05) is 17.7 Å². The number of anilines is 1. The molecule has 2 N–H and O–H groups in total. The molecule has 168 valence electrons. The first-order valence-corrected chi connectivity index (χ1v) is 9.41. The summed E-state index contributed by atoms with van der Waals surface area (Å²) in [6.45, 7) is 1.23. The van der Waals surface area contributed by atoms with E-state index in [1.54, 1.807) is 12.1 Å². The molecule has 32 heavy (non-hydrogen) atoms. The van der Waals surface area contributed by atoms with Gasteiger partial charge in [-0.25, -0.2) is 9.78 Å². The van der Waals surface area contributed by atoms with Crippen LogP contribution in [0.25, 0.3) is 11.1 Å². The van der Waals surface area contributed by atoms with Crippen molar-refractivity contribution >= 4 is 23.2 Å². The number of alkyl halides is 3. The molecule has 0 bridgehead atoms. The molecule has 2 heterocycles. The highest BCUT2D eigenvalue weighted by atomic mass is 35.5. The number of H-pyrrole nitrogens is 1. The Bertz CT molecular complexity index is 1280. The van der Waals surface area contributed by atoms with Gasteiger partial charge in [0.15, 0.2) is 0 Å². The van der Waals surface area contributed by atoms with Crippen molar-refractivity contribution in [2.24, 2.45) is 7.05 Å². The van der Waals surface area contributed by atoms with Gasteiger partial charge in [-0.2, -0.15) is 13.2 Å². The normalized spacial score (nSPS) is 11.3. The van der Waals surface area contributed by atoms with Crippen LogP contribution >= 0.6 is 11.6 Å². The number of pyridine rings is 1. The molecule has 1 amide bonds. The fourth-order valence-electron chi connectivity index (χ4n) is 2.98. The van der Waals surface area contributed by atoms with Crippen LogP contribution in [-0.4, -0.2) is 20.4 Å². The molecule has 0 saturated carbocycles. The quantitative estimate of drug-likeness (QED) is 0.559. The largest absolute Gasteiger partial charge is 0.489 e. The summed E-state index contributed by atoms with van der Waals surface area (Å²) < 4.78 is 47.1. The van der Waals surface area contributed by atoms with Crippen molar-refractivity contribution < 1.29 is 22.7 Å². The first-order chi connectivity index (χ1) is 15.0. The third-order valence-electron chi connectivity index (χ3n) is 4.36.